The van der Waals surface area contributed by atoms with Crippen molar-refractivity contribution in [1.29, 1.82) is 0 Å². The van der Waals surface area contributed by atoms with Crippen molar-refractivity contribution in [3.8, 4) is 0 Å². The quantitative estimate of drug-likeness (QED) is 0.333. The molecule has 35 heavy (non-hydrogen) atoms. The summed E-state index contributed by atoms with van der Waals surface area (Å²) in [5, 5.41) is 0. The summed E-state index contributed by atoms with van der Waals surface area (Å²) in [5.74, 6) is -0.305. The van der Waals surface area contributed by atoms with Gasteiger partial charge in [0.15, 0.2) is 0 Å². The van der Waals surface area contributed by atoms with Crippen LogP contribution in [0.4, 0.5) is 0 Å². The molecule has 204 valence electrons. The van der Waals surface area contributed by atoms with E-state index in [1.807, 2.05) is 27.7 Å². The molecule has 2 saturated heterocycles. The average molecular weight is 499 g/mol. The molecular weight excluding hydrogens is 448 g/mol. The largest absolute Gasteiger partial charge is 0.466 e. The summed E-state index contributed by atoms with van der Waals surface area (Å²) in [6.45, 7) is 18.4. The summed E-state index contributed by atoms with van der Waals surface area (Å²) in [4.78, 5) is 33.7. The Kier molecular flexibility index (Phi) is 12.4. The number of likely N-dealkylation sites (N-methyl/N-ethyl adjacent to an activating group) is 2. The number of piperazine rings is 2. The lowest BCUT2D eigenvalue weighted by molar-refractivity contribution is -0.159. The number of ether oxygens (including phenoxy) is 3. The number of nitrogens with zero attached hydrogens (tertiary/aromatic N) is 4. The number of carbonyl (C=O) groups excluding carboxylic acids is 2. The fourth-order valence-corrected chi connectivity index (χ4v) is 4.18. The molecule has 2 aliphatic rings. The van der Waals surface area contributed by atoms with Crippen molar-refractivity contribution in [2.24, 2.45) is 0 Å². The molecule has 0 atom stereocenters. The molecule has 0 spiro atoms. The first kappa shape index (κ1) is 30.0. The Bertz CT molecular complexity index is 642. The Balaban J connectivity index is 1.55. The van der Waals surface area contributed by atoms with E-state index in [9.17, 15) is 9.59 Å². The van der Waals surface area contributed by atoms with Crippen LogP contribution in [0.1, 0.15) is 53.4 Å². The number of carbonyl (C=O) groups is 2. The van der Waals surface area contributed by atoms with Gasteiger partial charge in [-0.2, -0.15) is 0 Å². The van der Waals surface area contributed by atoms with Crippen LogP contribution in [-0.2, 0) is 23.8 Å². The Hall–Kier alpha value is -1.26. The number of esters is 2. The van der Waals surface area contributed by atoms with Gasteiger partial charge in [0.05, 0.1) is 31.7 Å². The average Bonchev–Trinajstić information content (AvgIpc) is 2.77. The van der Waals surface area contributed by atoms with Crippen molar-refractivity contribution in [3.63, 3.8) is 0 Å². The summed E-state index contributed by atoms with van der Waals surface area (Å²) >= 11 is 0. The van der Waals surface area contributed by atoms with Gasteiger partial charge in [0, 0.05) is 78.3 Å². The van der Waals surface area contributed by atoms with Crippen LogP contribution in [0.15, 0.2) is 0 Å². The van der Waals surface area contributed by atoms with Crippen molar-refractivity contribution >= 4 is 11.9 Å². The minimum Gasteiger partial charge on any atom is -0.466 e. The van der Waals surface area contributed by atoms with Crippen molar-refractivity contribution in [3.05, 3.63) is 0 Å². The second kappa shape index (κ2) is 14.5. The fourth-order valence-electron chi connectivity index (χ4n) is 4.18. The summed E-state index contributed by atoms with van der Waals surface area (Å²) in [5.41, 5.74) is -0.996. The highest BCUT2D eigenvalue weighted by Gasteiger charge is 2.26. The third-order valence-electron chi connectivity index (χ3n) is 7.01. The van der Waals surface area contributed by atoms with Crippen LogP contribution in [0.25, 0.3) is 0 Å². The fraction of sp³-hybridized carbons (Fsp3) is 0.923. The molecule has 0 N–H and O–H groups in total. The van der Waals surface area contributed by atoms with E-state index in [4.69, 9.17) is 14.2 Å². The Labute approximate surface area is 213 Å². The molecule has 0 bridgehead atoms. The van der Waals surface area contributed by atoms with E-state index in [0.717, 1.165) is 65.4 Å². The Morgan fingerprint density at radius 3 is 1.63 bits per heavy atom. The van der Waals surface area contributed by atoms with Crippen molar-refractivity contribution in [2.45, 2.75) is 64.6 Å². The third kappa shape index (κ3) is 13.0. The molecule has 0 aliphatic carbocycles. The van der Waals surface area contributed by atoms with Crippen LogP contribution in [-0.4, -0.2) is 135 Å². The van der Waals surface area contributed by atoms with E-state index < -0.39 is 11.2 Å². The van der Waals surface area contributed by atoms with Crippen LogP contribution in [0, 0.1) is 0 Å². The van der Waals surface area contributed by atoms with Gasteiger partial charge in [0.25, 0.3) is 0 Å². The molecule has 0 aromatic rings. The van der Waals surface area contributed by atoms with Crippen molar-refractivity contribution in [1.82, 2.24) is 19.6 Å². The molecule has 0 saturated carbocycles. The molecule has 0 aromatic carbocycles. The van der Waals surface area contributed by atoms with Gasteiger partial charge >= 0.3 is 11.9 Å². The van der Waals surface area contributed by atoms with Gasteiger partial charge in [0.2, 0.25) is 0 Å². The first-order valence-corrected chi connectivity index (χ1v) is 13.3. The second-order valence-corrected chi connectivity index (χ2v) is 11.4. The second-order valence-electron chi connectivity index (χ2n) is 11.4. The Morgan fingerprint density at radius 2 is 1.11 bits per heavy atom. The number of hydrogen-bond donors (Lipinski definition) is 0. The first-order valence-electron chi connectivity index (χ1n) is 13.3. The summed E-state index contributed by atoms with van der Waals surface area (Å²) in [7, 11) is 4.25. The van der Waals surface area contributed by atoms with Gasteiger partial charge in [-0.25, -0.2) is 0 Å². The number of hydrogen-bond acceptors (Lipinski definition) is 9. The topological polar surface area (TPSA) is 74.8 Å². The zero-order valence-electron chi connectivity index (χ0n) is 23.1. The number of rotatable bonds is 14. The summed E-state index contributed by atoms with van der Waals surface area (Å²) in [6, 6.07) is 0. The van der Waals surface area contributed by atoms with E-state index in [2.05, 4.69) is 33.7 Å². The minimum atomic E-state index is -0.578. The highest BCUT2D eigenvalue weighted by molar-refractivity contribution is 5.70. The van der Waals surface area contributed by atoms with E-state index in [1.165, 1.54) is 0 Å². The zero-order chi connectivity index (χ0) is 25.9. The van der Waals surface area contributed by atoms with Crippen LogP contribution >= 0.6 is 0 Å². The highest BCUT2D eigenvalue weighted by Crippen LogP contribution is 2.20. The third-order valence-corrected chi connectivity index (χ3v) is 7.01. The predicted octanol–water partition coefficient (Wildman–Crippen LogP) is 1.70. The van der Waals surface area contributed by atoms with Crippen LogP contribution in [0.5, 0.6) is 0 Å². The molecule has 2 heterocycles. The van der Waals surface area contributed by atoms with Crippen LogP contribution in [0.2, 0.25) is 0 Å². The summed E-state index contributed by atoms with van der Waals surface area (Å²) < 4.78 is 17.2. The van der Waals surface area contributed by atoms with Crippen LogP contribution in [0.3, 0.4) is 0 Å². The van der Waals surface area contributed by atoms with Crippen molar-refractivity contribution in [2.75, 3.05) is 92.8 Å². The minimum absolute atomic E-state index is 0.149. The van der Waals surface area contributed by atoms with Gasteiger partial charge in [-0.3, -0.25) is 9.59 Å². The molecule has 2 fully saturated rings. The maximum Gasteiger partial charge on any atom is 0.307 e. The van der Waals surface area contributed by atoms with Gasteiger partial charge in [-0.05, 0) is 41.8 Å². The lowest BCUT2D eigenvalue weighted by Gasteiger charge is -2.32. The molecule has 0 radical (unpaired) electrons. The lowest BCUT2D eigenvalue weighted by atomic mass is 10.0. The standard InChI is InChI=1S/C26H50N4O5/c1-25(2,9-21-33-23(31)7-11-29-17-13-27(5)14-18-29)34-22-10-26(3,4)35-24(32)8-12-30-19-15-28(6)16-20-30/h7-22H2,1-6H3. The zero-order valence-corrected chi connectivity index (χ0v) is 23.1. The maximum atomic E-state index is 12.3. The Morgan fingerprint density at radius 1 is 0.657 bits per heavy atom. The molecule has 0 amide bonds. The molecular formula is C26H50N4O5. The van der Waals surface area contributed by atoms with E-state index >= 15 is 0 Å². The van der Waals surface area contributed by atoms with E-state index in [-0.39, 0.29) is 11.9 Å². The lowest BCUT2D eigenvalue weighted by Crippen LogP contribution is -2.45. The van der Waals surface area contributed by atoms with Gasteiger partial charge in [0.1, 0.15) is 5.60 Å². The van der Waals surface area contributed by atoms with Crippen LogP contribution < -0.4 is 0 Å². The van der Waals surface area contributed by atoms with E-state index in [0.29, 0.717) is 38.9 Å². The molecule has 2 aliphatic heterocycles. The van der Waals surface area contributed by atoms with Crippen molar-refractivity contribution < 1.29 is 23.8 Å². The molecule has 9 nitrogen and oxygen atoms in total. The molecule has 0 aromatic heterocycles. The SMILES string of the molecule is CN1CCN(CCC(=O)OCCC(C)(C)OCCC(C)(C)OC(=O)CCN2CCN(C)CC2)CC1. The van der Waals surface area contributed by atoms with E-state index in [1.54, 1.807) is 0 Å². The monoisotopic (exact) mass is 498 g/mol. The van der Waals surface area contributed by atoms with Gasteiger partial charge in [-0.15, -0.1) is 0 Å². The summed E-state index contributed by atoms with van der Waals surface area (Å²) in [6.07, 6.45) is 2.08. The highest BCUT2D eigenvalue weighted by atomic mass is 16.6. The molecule has 2 rings (SSSR count). The maximum absolute atomic E-state index is 12.3. The first-order chi connectivity index (χ1) is 16.4. The molecule has 9 heteroatoms. The van der Waals surface area contributed by atoms with Gasteiger partial charge in [-0.1, -0.05) is 0 Å². The predicted molar refractivity (Wildman–Crippen MR) is 138 cm³/mol. The molecule has 0 unspecified atom stereocenters. The van der Waals surface area contributed by atoms with Gasteiger partial charge < -0.3 is 33.8 Å². The smallest absolute Gasteiger partial charge is 0.307 e. The normalized spacial score (nSPS) is 19.6.